The lowest BCUT2D eigenvalue weighted by molar-refractivity contribution is 0.409. The molecule has 4 rings (SSSR count). The van der Waals surface area contributed by atoms with Crippen molar-refractivity contribution in [2.24, 2.45) is 0 Å². The van der Waals surface area contributed by atoms with Crippen molar-refractivity contribution in [3.05, 3.63) is 87.1 Å². The molecule has 112 valence electrons. The van der Waals surface area contributed by atoms with Crippen molar-refractivity contribution in [2.45, 2.75) is 6.42 Å². The molecule has 0 radical (unpaired) electrons. The molecule has 23 heavy (non-hydrogen) atoms. The molecule has 2 aliphatic rings. The zero-order valence-corrected chi connectivity index (χ0v) is 13.2. The average molecular weight is 321 g/mol. The Balaban J connectivity index is 2.30. The Hall–Kier alpha value is -2.48. The van der Waals surface area contributed by atoms with Gasteiger partial charge in [0.05, 0.1) is 0 Å². The van der Waals surface area contributed by atoms with E-state index in [0.717, 1.165) is 27.3 Å². The van der Waals surface area contributed by atoms with E-state index in [1.54, 1.807) is 6.07 Å². The van der Waals surface area contributed by atoms with Crippen molar-refractivity contribution in [2.75, 3.05) is 0 Å². The van der Waals surface area contributed by atoms with Crippen LogP contribution in [0, 0.1) is 10.4 Å². The van der Waals surface area contributed by atoms with Gasteiger partial charge in [-0.15, -0.1) is 4.89 Å². The summed E-state index contributed by atoms with van der Waals surface area (Å²) in [5.41, 5.74) is 2.38. The smallest absolute Gasteiger partial charge is 0.229 e. The summed E-state index contributed by atoms with van der Waals surface area (Å²) in [6.45, 7) is 0. The Morgan fingerprint density at radius 1 is 1.04 bits per heavy atom. The fraction of sp³-hybridized carbons (Fsp3) is 0.0526. The maximum absolute atomic E-state index is 11.2. The summed E-state index contributed by atoms with van der Waals surface area (Å²) in [4.78, 5) is 9.21. The number of fused-ring (bicyclic) bond motifs is 3. The van der Waals surface area contributed by atoms with Crippen LogP contribution in [0.1, 0.15) is 6.42 Å². The van der Waals surface area contributed by atoms with Gasteiger partial charge in [-0.1, -0.05) is 54.6 Å². The van der Waals surface area contributed by atoms with E-state index in [1.165, 1.54) is 11.1 Å². The predicted octanol–water partition coefficient (Wildman–Crippen LogP) is 2.83. The monoisotopic (exact) mass is 321 g/mol. The van der Waals surface area contributed by atoms with Gasteiger partial charge in [0.1, 0.15) is 0 Å². The fourth-order valence-corrected chi connectivity index (χ4v) is 3.54. The molecule has 1 N–H and O–H groups in total. The summed E-state index contributed by atoms with van der Waals surface area (Å²) in [6.07, 6.45) is 9.28. The van der Waals surface area contributed by atoms with E-state index in [4.69, 9.17) is 4.52 Å². The molecule has 0 fully saturated rings. The number of benzene rings is 2. The minimum Gasteiger partial charge on any atom is -0.229 e. The summed E-state index contributed by atoms with van der Waals surface area (Å²) in [7, 11) is -2.71. The van der Waals surface area contributed by atoms with Crippen LogP contribution in [-0.2, 0) is 4.57 Å². The molecule has 0 saturated heterocycles. The van der Waals surface area contributed by atoms with Crippen LogP contribution in [0.25, 0.3) is 11.6 Å². The molecule has 0 bridgehead atoms. The lowest BCUT2D eigenvalue weighted by Crippen LogP contribution is -2.11. The summed E-state index contributed by atoms with van der Waals surface area (Å²) in [6, 6.07) is 13.7. The first-order chi connectivity index (χ1) is 11.2. The first kappa shape index (κ1) is 14.1. The van der Waals surface area contributed by atoms with Crippen molar-refractivity contribution in [3.8, 4) is 5.75 Å². The second-order valence-electron chi connectivity index (χ2n) is 5.47. The third kappa shape index (κ3) is 2.44. The topological polar surface area (TPSA) is 46.5 Å². The third-order valence-electron chi connectivity index (χ3n) is 4.15. The molecule has 2 aliphatic carbocycles. The lowest BCUT2D eigenvalue weighted by atomic mass is 9.95. The highest BCUT2D eigenvalue weighted by molar-refractivity contribution is 7.32. The molecule has 1 atom stereocenters. The maximum Gasteiger partial charge on any atom is 0.747 e. The molecule has 0 heterocycles. The summed E-state index contributed by atoms with van der Waals surface area (Å²) < 4.78 is 16.4. The van der Waals surface area contributed by atoms with E-state index in [2.05, 4.69) is 30.4 Å². The van der Waals surface area contributed by atoms with Gasteiger partial charge in [-0.3, -0.25) is 0 Å². The SMILES string of the molecule is O=[P+](O)Oc1cccc2c1=c1ccccc1=CC1=CC=CCC=21. The van der Waals surface area contributed by atoms with Crippen molar-refractivity contribution in [3.63, 3.8) is 0 Å². The van der Waals surface area contributed by atoms with Crippen LogP contribution in [0.2, 0.25) is 0 Å². The Morgan fingerprint density at radius 3 is 2.74 bits per heavy atom. The van der Waals surface area contributed by atoms with E-state index in [1.807, 2.05) is 30.3 Å². The van der Waals surface area contributed by atoms with Gasteiger partial charge in [-0.05, 0) is 45.4 Å². The Kier molecular flexibility index (Phi) is 3.45. The number of allylic oxidation sites excluding steroid dienone is 4. The molecule has 3 nitrogen and oxygen atoms in total. The molecular weight excluding hydrogens is 307 g/mol. The molecule has 2 aromatic carbocycles. The van der Waals surface area contributed by atoms with Crippen LogP contribution in [0.3, 0.4) is 0 Å². The Labute approximate surface area is 133 Å². The van der Waals surface area contributed by atoms with Crippen molar-refractivity contribution in [1.82, 2.24) is 0 Å². The number of hydrogen-bond acceptors (Lipinski definition) is 2. The first-order valence-electron chi connectivity index (χ1n) is 7.39. The molecule has 0 saturated carbocycles. The van der Waals surface area contributed by atoms with Gasteiger partial charge in [0.2, 0.25) is 0 Å². The quantitative estimate of drug-likeness (QED) is 0.865. The highest BCUT2D eigenvalue weighted by Crippen LogP contribution is 2.26. The van der Waals surface area contributed by atoms with Crippen LogP contribution in [0.4, 0.5) is 0 Å². The Bertz CT molecular complexity index is 1090. The molecule has 4 heteroatoms. The van der Waals surface area contributed by atoms with E-state index in [-0.39, 0.29) is 0 Å². The number of rotatable bonds is 2. The molecule has 0 amide bonds. The van der Waals surface area contributed by atoms with Gasteiger partial charge in [-0.2, -0.15) is 0 Å². The minimum absolute atomic E-state index is 0.440. The highest BCUT2D eigenvalue weighted by Gasteiger charge is 2.18. The van der Waals surface area contributed by atoms with Crippen molar-refractivity contribution < 1.29 is 14.0 Å². The molecule has 0 aromatic heterocycles. The van der Waals surface area contributed by atoms with E-state index >= 15 is 0 Å². The zero-order valence-electron chi connectivity index (χ0n) is 12.3. The van der Waals surface area contributed by atoms with Crippen LogP contribution in [0.5, 0.6) is 5.75 Å². The van der Waals surface area contributed by atoms with Gasteiger partial charge >= 0.3 is 8.25 Å². The average Bonchev–Trinajstić information content (AvgIpc) is 2.69. The first-order valence-corrected chi connectivity index (χ1v) is 8.52. The third-order valence-corrected chi connectivity index (χ3v) is 4.50. The van der Waals surface area contributed by atoms with Gasteiger partial charge in [0.25, 0.3) is 0 Å². The largest absolute Gasteiger partial charge is 0.747 e. The lowest BCUT2D eigenvalue weighted by Gasteiger charge is -2.09. The molecule has 2 aromatic rings. The zero-order chi connectivity index (χ0) is 15.8. The second-order valence-corrected chi connectivity index (χ2v) is 6.13. The summed E-state index contributed by atoms with van der Waals surface area (Å²) in [5.74, 6) is 0.440. The summed E-state index contributed by atoms with van der Waals surface area (Å²) >= 11 is 0. The standard InChI is InChI=1S/C19H13O3P/c20-23(21)22-18-11-5-10-17-15-8-3-1-6-13(15)12-14-7-2-4-9-16(14)19(17)18/h1-7,9-12H,8H2/p+1. The van der Waals surface area contributed by atoms with Gasteiger partial charge in [-0.25, -0.2) is 4.52 Å². The van der Waals surface area contributed by atoms with E-state index in [0.29, 0.717) is 5.75 Å². The Morgan fingerprint density at radius 2 is 1.87 bits per heavy atom. The predicted molar refractivity (Wildman–Crippen MR) is 90.0 cm³/mol. The normalized spacial score (nSPS) is 15.4. The van der Waals surface area contributed by atoms with Crippen LogP contribution < -0.4 is 15.0 Å². The van der Waals surface area contributed by atoms with E-state index < -0.39 is 8.25 Å². The molecule has 0 aliphatic heterocycles. The van der Waals surface area contributed by atoms with Crippen LogP contribution in [0.15, 0.2) is 66.3 Å². The van der Waals surface area contributed by atoms with Gasteiger partial charge < -0.3 is 0 Å². The highest BCUT2D eigenvalue weighted by atomic mass is 31.1. The van der Waals surface area contributed by atoms with Crippen LogP contribution >= 0.6 is 8.25 Å². The maximum atomic E-state index is 11.2. The molecular formula is C19H14O3P+. The fourth-order valence-electron chi connectivity index (χ4n) is 3.22. The molecule has 1 unspecified atom stereocenters. The van der Waals surface area contributed by atoms with Crippen LogP contribution in [-0.4, -0.2) is 4.89 Å². The van der Waals surface area contributed by atoms with Crippen molar-refractivity contribution >= 4 is 19.9 Å². The summed E-state index contributed by atoms with van der Waals surface area (Å²) in [5, 5.41) is 4.02. The van der Waals surface area contributed by atoms with Gasteiger partial charge in [0.15, 0.2) is 5.75 Å². The van der Waals surface area contributed by atoms with Crippen molar-refractivity contribution in [1.29, 1.82) is 0 Å². The molecule has 0 spiro atoms. The number of hydrogen-bond donors (Lipinski definition) is 1. The van der Waals surface area contributed by atoms with E-state index in [9.17, 15) is 9.46 Å². The van der Waals surface area contributed by atoms with Gasteiger partial charge in [0, 0.05) is 9.78 Å². The minimum atomic E-state index is -2.71. The second kappa shape index (κ2) is 5.62.